The van der Waals surface area contributed by atoms with Gasteiger partial charge in [-0.05, 0) is 23.3 Å². The fraction of sp³-hybridized carbons (Fsp3) is 0.429. The van der Waals surface area contributed by atoms with Crippen LogP contribution in [0.1, 0.15) is 54.3 Å². The van der Waals surface area contributed by atoms with Crippen LogP contribution in [0.15, 0.2) is 30.3 Å². The second-order valence-electron chi connectivity index (χ2n) is 4.93. The maximum atomic E-state index is 12.4. The van der Waals surface area contributed by atoms with Gasteiger partial charge in [0.1, 0.15) is 0 Å². The average Bonchev–Trinajstić information content (AvgIpc) is 2.98. The van der Waals surface area contributed by atoms with Crippen LogP contribution in [0.4, 0.5) is 0 Å². The zero-order chi connectivity index (χ0) is 13.1. The van der Waals surface area contributed by atoms with E-state index in [1.807, 2.05) is 18.2 Å². The Kier molecular flexibility index (Phi) is 3.35. The van der Waals surface area contributed by atoms with E-state index in [1.54, 1.807) is 16.8 Å². The molecule has 98 valence electrons. The first-order valence-corrected chi connectivity index (χ1v) is 6.74. The first kappa shape index (κ1) is 12.0. The zero-order valence-electron chi connectivity index (χ0n) is 10.7. The monoisotopic (exact) mass is 256 g/mol. The Morgan fingerprint density at radius 3 is 2.58 bits per heavy atom. The number of aromatic nitrogens is 4. The number of carbonyl (C=O) groups is 1. The Hall–Kier alpha value is -2.04. The van der Waals surface area contributed by atoms with Gasteiger partial charge >= 0.3 is 0 Å². The van der Waals surface area contributed by atoms with Crippen LogP contribution in [0.3, 0.4) is 0 Å². The van der Waals surface area contributed by atoms with E-state index in [2.05, 4.69) is 15.5 Å². The molecule has 19 heavy (non-hydrogen) atoms. The minimum Gasteiger partial charge on any atom is -0.285 e. The summed E-state index contributed by atoms with van der Waals surface area (Å²) in [5.74, 6) is 0.259. The van der Waals surface area contributed by atoms with E-state index in [4.69, 9.17) is 0 Å². The number of nitrogens with zero attached hydrogens (tertiary/aromatic N) is 4. The standard InChI is InChI=1S/C14H16N4O/c19-13(11-7-3-1-4-8-11)14-15-16-17-18(14)12-9-5-2-6-10-12/h1,3-4,7-8,12H,2,5-6,9-10H2. The highest BCUT2D eigenvalue weighted by Crippen LogP contribution is 2.28. The summed E-state index contributed by atoms with van der Waals surface area (Å²) in [5.41, 5.74) is 0.634. The molecule has 1 saturated carbocycles. The van der Waals surface area contributed by atoms with Crippen LogP contribution in [0.25, 0.3) is 0 Å². The Balaban J connectivity index is 1.89. The van der Waals surface area contributed by atoms with Crippen LogP contribution in [0.5, 0.6) is 0 Å². The number of carbonyl (C=O) groups excluding carboxylic acids is 1. The molecule has 1 aliphatic carbocycles. The first-order chi connectivity index (χ1) is 9.36. The lowest BCUT2D eigenvalue weighted by Crippen LogP contribution is -2.20. The molecule has 5 nitrogen and oxygen atoms in total. The summed E-state index contributed by atoms with van der Waals surface area (Å²) in [6, 6.07) is 9.45. The van der Waals surface area contributed by atoms with Crippen molar-refractivity contribution in [1.82, 2.24) is 20.2 Å². The lowest BCUT2D eigenvalue weighted by Gasteiger charge is -2.21. The van der Waals surface area contributed by atoms with Crippen molar-refractivity contribution in [1.29, 1.82) is 0 Å². The van der Waals surface area contributed by atoms with Gasteiger partial charge < -0.3 is 0 Å². The van der Waals surface area contributed by atoms with Crippen molar-refractivity contribution in [3.05, 3.63) is 41.7 Å². The second-order valence-corrected chi connectivity index (χ2v) is 4.93. The van der Waals surface area contributed by atoms with E-state index >= 15 is 0 Å². The molecule has 0 unspecified atom stereocenters. The van der Waals surface area contributed by atoms with Gasteiger partial charge in [0.25, 0.3) is 0 Å². The van der Waals surface area contributed by atoms with E-state index in [0.717, 1.165) is 12.8 Å². The molecule has 5 heteroatoms. The lowest BCUT2D eigenvalue weighted by molar-refractivity contribution is 0.101. The maximum Gasteiger partial charge on any atom is 0.231 e. The Morgan fingerprint density at radius 2 is 1.84 bits per heavy atom. The summed E-state index contributed by atoms with van der Waals surface area (Å²) in [6.07, 6.45) is 5.74. The van der Waals surface area contributed by atoms with Crippen molar-refractivity contribution in [2.75, 3.05) is 0 Å². The third-order valence-electron chi connectivity index (χ3n) is 3.65. The summed E-state index contributed by atoms with van der Waals surface area (Å²) in [6.45, 7) is 0. The molecular formula is C14H16N4O. The van der Waals surface area contributed by atoms with Gasteiger partial charge in [-0.15, -0.1) is 5.10 Å². The maximum absolute atomic E-state index is 12.4. The minimum atomic E-state index is -0.101. The van der Waals surface area contributed by atoms with Crippen LogP contribution in [-0.4, -0.2) is 26.0 Å². The van der Waals surface area contributed by atoms with Gasteiger partial charge in [0.15, 0.2) is 0 Å². The molecule has 1 aromatic heterocycles. The molecule has 1 fully saturated rings. The number of tetrazole rings is 1. The summed E-state index contributed by atoms with van der Waals surface area (Å²) in [7, 11) is 0. The molecule has 0 atom stereocenters. The van der Waals surface area contributed by atoms with Crippen molar-refractivity contribution in [2.45, 2.75) is 38.1 Å². The normalized spacial score (nSPS) is 16.4. The van der Waals surface area contributed by atoms with E-state index in [1.165, 1.54) is 19.3 Å². The molecule has 0 radical (unpaired) electrons. The lowest BCUT2D eigenvalue weighted by atomic mass is 9.95. The predicted octanol–water partition coefficient (Wildman–Crippen LogP) is 2.41. The van der Waals surface area contributed by atoms with Crippen LogP contribution in [-0.2, 0) is 0 Å². The molecule has 1 aliphatic rings. The molecule has 3 rings (SSSR count). The van der Waals surface area contributed by atoms with Crippen LogP contribution < -0.4 is 0 Å². The number of hydrogen-bond acceptors (Lipinski definition) is 4. The zero-order valence-corrected chi connectivity index (χ0v) is 10.7. The van der Waals surface area contributed by atoms with Crippen molar-refractivity contribution >= 4 is 5.78 Å². The number of ketones is 1. The molecule has 0 bridgehead atoms. The molecule has 0 spiro atoms. The predicted molar refractivity (Wildman–Crippen MR) is 69.8 cm³/mol. The van der Waals surface area contributed by atoms with Gasteiger partial charge in [0.05, 0.1) is 6.04 Å². The fourth-order valence-electron chi connectivity index (χ4n) is 2.63. The average molecular weight is 256 g/mol. The summed E-state index contributed by atoms with van der Waals surface area (Å²) < 4.78 is 1.72. The Morgan fingerprint density at radius 1 is 1.11 bits per heavy atom. The van der Waals surface area contributed by atoms with Gasteiger partial charge in [-0.25, -0.2) is 4.68 Å². The third-order valence-corrected chi connectivity index (χ3v) is 3.65. The van der Waals surface area contributed by atoms with Gasteiger partial charge in [-0.2, -0.15) is 0 Å². The molecular weight excluding hydrogens is 240 g/mol. The first-order valence-electron chi connectivity index (χ1n) is 6.74. The highest BCUT2D eigenvalue weighted by atomic mass is 16.1. The minimum absolute atomic E-state index is 0.101. The summed E-state index contributed by atoms with van der Waals surface area (Å²) >= 11 is 0. The molecule has 0 saturated heterocycles. The van der Waals surface area contributed by atoms with Gasteiger partial charge in [-0.1, -0.05) is 49.6 Å². The van der Waals surface area contributed by atoms with Crippen LogP contribution >= 0.6 is 0 Å². The van der Waals surface area contributed by atoms with Crippen molar-refractivity contribution in [3.8, 4) is 0 Å². The highest BCUT2D eigenvalue weighted by Gasteiger charge is 2.24. The van der Waals surface area contributed by atoms with E-state index in [9.17, 15) is 4.79 Å². The van der Waals surface area contributed by atoms with Crippen molar-refractivity contribution < 1.29 is 4.79 Å². The van der Waals surface area contributed by atoms with Gasteiger partial charge in [-0.3, -0.25) is 4.79 Å². The van der Waals surface area contributed by atoms with E-state index < -0.39 is 0 Å². The molecule has 0 amide bonds. The van der Waals surface area contributed by atoms with E-state index in [-0.39, 0.29) is 11.8 Å². The number of benzene rings is 1. The van der Waals surface area contributed by atoms with Crippen LogP contribution in [0, 0.1) is 0 Å². The van der Waals surface area contributed by atoms with Gasteiger partial charge in [0.2, 0.25) is 11.6 Å². The number of hydrogen-bond donors (Lipinski definition) is 0. The largest absolute Gasteiger partial charge is 0.285 e. The summed E-state index contributed by atoms with van der Waals surface area (Å²) in [4.78, 5) is 12.4. The van der Waals surface area contributed by atoms with Crippen molar-refractivity contribution in [2.24, 2.45) is 0 Å². The topological polar surface area (TPSA) is 60.7 Å². The SMILES string of the molecule is O=C(c1ccccc1)c1nnnn1C1CCCCC1. The molecule has 0 N–H and O–H groups in total. The Bertz CT molecular complexity index is 558. The third kappa shape index (κ3) is 2.41. The van der Waals surface area contributed by atoms with Crippen molar-refractivity contribution in [3.63, 3.8) is 0 Å². The smallest absolute Gasteiger partial charge is 0.231 e. The van der Waals surface area contributed by atoms with Gasteiger partial charge in [0, 0.05) is 5.56 Å². The quantitative estimate of drug-likeness (QED) is 0.791. The molecule has 0 aliphatic heterocycles. The highest BCUT2D eigenvalue weighted by molar-refractivity contribution is 6.06. The fourth-order valence-corrected chi connectivity index (χ4v) is 2.63. The molecule has 1 heterocycles. The molecule has 2 aromatic rings. The van der Waals surface area contributed by atoms with Crippen LogP contribution in [0.2, 0.25) is 0 Å². The molecule has 1 aromatic carbocycles. The van der Waals surface area contributed by atoms with E-state index in [0.29, 0.717) is 11.4 Å². The number of rotatable bonds is 3. The summed E-state index contributed by atoms with van der Waals surface area (Å²) in [5, 5.41) is 11.6. The Labute approximate surface area is 111 Å². The second kappa shape index (κ2) is 5.30.